The number of carboxylic acid groups (broad SMARTS) is 1. The minimum atomic E-state index is -1.13. The van der Waals surface area contributed by atoms with E-state index in [1.807, 2.05) is 0 Å². The number of carbonyl (C=O) groups is 2. The molecule has 160 valence electrons. The highest BCUT2D eigenvalue weighted by atomic mass is 19.1. The van der Waals surface area contributed by atoms with E-state index in [0.717, 1.165) is 5.56 Å². The number of benzene rings is 1. The van der Waals surface area contributed by atoms with Gasteiger partial charge in [-0.05, 0) is 51.5 Å². The van der Waals surface area contributed by atoms with Crippen LogP contribution < -0.4 is 15.0 Å². The third kappa shape index (κ3) is 4.97. The lowest BCUT2D eigenvalue weighted by atomic mass is 10.0. The molecule has 1 unspecified atom stereocenters. The Balaban J connectivity index is 2.02. The Kier molecular flexibility index (Phi) is 5.82. The smallest absolute Gasteiger partial charge is 0.413 e. The predicted molar refractivity (Wildman–Crippen MR) is 109 cm³/mol. The van der Waals surface area contributed by atoms with Gasteiger partial charge in [-0.15, -0.1) is 0 Å². The fraction of sp³-hybridized carbons (Fsp3) is 0.381. The molecule has 8 nitrogen and oxygen atoms in total. The van der Waals surface area contributed by atoms with Crippen LogP contribution in [0.1, 0.15) is 38.8 Å². The summed E-state index contributed by atoms with van der Waals surface area (Å²) in [6.07, 6.45) is -1.54. The van der Waals surface area contributed by atoms with Crippen molar-refractivity contribution >= 4 is 23.7 Å². The molecule has 0 bridgehead atoms. The van der Waals surface area contributed by atoms with E-state index in [1.54, 1.807) is 45.9 Å². The molecule has 9 heteroatoms. The van der Waals surface area contributed by atoms with Crippen LogP contribution in [0.4, 0.5) is 25.5 Å². The molecular weight excluding hydrogens is 393 g/mol. The number of rotatable bonds is 3. The highest BCUT2D eigenvalue weighted by Gasteiger charge is 2.32. The fourth-order valence-electron chi connectivity index (χ4n) is 3.07. The van der Waals surface area contributed by atoms with Gasteiger partial charge in [-0.25, -0.2) is 14.0 Å². The molecule has 2 heterocycles. The van der Waals surface area contributed by atoms with Gasteiger partial charge in [-0.2, -0.15) is 4.98 Å². The molecule has 0 saturated heterocycles. The molecule has 0 radical (unpaired) electrons. The van der Waals surface area contributed by atoms with Crippen LogP contribution >= 0.6 is 0 Å². The molecule has 3 rings (SSSR count). The largest absolute Gasteiger partial charge is 0.474 e. The molecule has 0 spiro atoms. The van der Waals surface area contributed by atoms with Gasteiger partial charge in [0.05, 0.1) is 6.04 Å². The molecule has 1 aliphatic heterocycles. The number of aromatic nitrogens is 1. The lowest BCUT2D eigenvalue weighted by Gasteiger charge is -2.33. The second kappa shape index (κ2) is 8.17. The van der Waals surface area contributed by atoms with E-state index in [1.165, 1.54) is 17.0 Å². The first-order valence-electron chi connectivity index (χ1n) is 9.47. The van der Waals surface area contributed by atoms with E-state index in [0.29, 0.717) is 5.56 Å². The number of hydrogen-bond acceptors (Lipinski definition) is 5. The Morgan fingerprint density at radius 2 is 2.00 bits per heavy atom. The van der Waals surface area contributed by atoms with Crippen molar-refractivity contribution in [3.8, 4) is 5.88 Å². The summed E-state index contributed by atoms with van der Waals surface area (Å²) in [6.45, 7) is 7.07. The number of amides is 2. The molecule has 1 aromatic carbocycles. The van der Waals surface area contributed by atoms with Gasteiger partial charge in [0.2, 0.25) is 5.88 Å². The zero-order valence-corrected chi connectivity index (χ0v) is 17.2. The lowest BCUT2D eigenvalue weighted by molar-refractivity contribution is 0.0635. The van der Waals surface area contributed by atoms with Crippen LogP contribution in [0.15, 0.2) is 30.3 Å². The highest BCUT2D eigenvalue weighted by Crippen LogP contribution is 2.36. The normalized spacial score (nSPS) is 15.8. The number of halogens is 1. The van der Waals surface area contributed by atoms with Gasteiger partial charge in [0, 0.05) is 12.0 Å². The van der Waals surface area contributed by atoms with Crippen molar-refractivity contribution in [2.24, 2.45) is 0 Å². The standard InChI is InChI=1S/C21H24FN3O5/c1-12-11-29-18-16(25(12)20(27)28)10-14(9-13-5-7-15(22)8-6-13)17(23-18)24-19(26)30-21(2,3)4/h5-8,10,12H,9,11H2,1-4H3,(H,27,28)(H,23,24,26). The minimum Gasteiger partial charge on any atom is -0.474 e. The number of pyridine rings is 1. The molecule has 2 aromatic rings. The number of hydrogen-bond donors (Lipinski definition) is 2. The number of fused-ring (bicyclic) bond motifs is 1. The van der Waals surface area contributed by atoms with Gasteiger partial charge in [-0.1, -0.05) is 12.1 Å². The maximum atomic E-state index is 13.3. The Hall–Kier alpha value is -3.36. The summed E-state index contributed by atoms with van der Waals surface area (Å²) in [5, 5.41) is 12.2. The van der Waals surface area contributed by atoms with Gasteiger partial charge >= 0.3 is 12.2 Å². The van der Waals surface area contributed by atoms with Crippen molar-refractivity contribution in [3.63, 3.8) is 0 Å². The molecule has 30 heavy (non-hydrogen) atoms. The van der Waals surface area contributed by atoms with Crippen molar-refractivity contribution < 1.29 is 28.6 Å². The highest BCUT2D eigenvalue weighted by molar-refractivity contribution is 5.91. The van der Waals surface area contributed by atoms with E-state index in [-0.39, 0.29) is 36.2 Å². The SMILES string of the molecule is CC1COc2nc(NC(=O)OC(C)(C)C)c(Cc3ccc(F)cc3)cc2N1C(=O)O. The van der Waals surface area contributed by atoms with Crippen LogP contribution in [0.3, 0.4) is 0 Å². The van der Waals surface area contributed by atoms with Gasteiger partial charge < -0.3 is 14.6 Å². The van der Waals surface area contributed by atoms with Crippen molar-refractivity contribution in [1.29, 1.82) is 0 Å². The molecule has 1 atom stereocenters. The molecule has 1 aromatic heterocycles. The van der Waals surface area contributed by atoms with Crippen LogP contribution in [-0.2, 0) is 11.2 Å². The van der Waals surface area contributed by atoms with Gasteiger partial charge in [0.25, 0.3) is 0 Å². The average Bonchev–Trinajstić information content (AvgIpc) is 2.62. The van der Waals surface area contributed by atoms with Crippen molar-refractivity contribution in [2.75, 3.05) is 16.8 Å². The van der Waals surface area contributed by atoms with Crippen LogP contribution in [0.5, 0.6) is 5.88 Å². The van der Waals surface area contributed by atoms with E-state index >= 15 is 0 Å². The molecule has 0 fully saturated rings. The van der Waals surface area contributed by atoms with E-state index < -0.39 is 23.8 Å². The Morgan fingerprint density at radius 1 is 1.33 bits per heavy atom. The zero-order valence-electron chi connectivity index (χ0n) is 17.2. The quantitative estimate of drug-likeness (QED) is 0.767. The third-order valence-corrected chi connectivity index (χ3v) is 4.34. The number of ether oxygens (including phenoxy) is 2. The molecular formula is C21H24FN3O5. The molecule has 0 saturated carbocycles. The van der Waals surface area contributed by atoms with E-state index in [9.17, 15) is 19.1 Å². The zero-order chi connectivity index (χ0) is 22.1. The summed E-state index contributed by atoms with van der Waals surface area (Å²) >= 11 is 0. The fourth-order valence-corrected chi connectivity index (χ4v) is 3.07. The number of carbonyl (C=O) groups excluding carboxylic acids is 1. The first-order valence-corrected chi connectivity index (χ1v) is 9.47. The van der Waals surface area contributed by atoms with E-state index in [4.69, 9.17) is 9.47 Å². The maximum Gasteiger partial charge on any atom is 0.413 e. The molecule has 2 amide bonds. The van der Waals surface area contributed by atoms with Crippen molar-refractivity contribution in [2.45, 2.75) is 45.8 Å². The summed E-state index contributed by atoms with van der Waals surface area (Å²) in [7, 11) is 0. The second-order valence-electron chi connectivity index (χ2n) is 8.06. The molecule has 0 aliphatic carbocycles. The summed E-state index contributed by atoms with van der Waals surface area (Å²) in [5.74, 6) is -0.0784. The predicted octanol–water partition coefficient (Wildman–Crippen LogP) is 4.42. The first kappa shape index (κ1) is 21.4. The topological polar surface area (TPSA) is 101 Å². The third-order valence-electron chi connectivity index (χ3n) is 4.34. The Labute approximate surface area is 173 Å². The summed E-state index contributed by atoms with van der Waals surface area (Å²) < 4.78 is 24.2. The monoisotopic (exact) mass is 417 g/mol. The summed E-state index contributed by atoms with van der Waals surface area (Å²) in [6, 6.07) is 7.09. The summed E-state index contributed by atoms with van der Waals surface area (Å²) in [5.41, 5.74) is 0.877. The van der Waals surface area contributed by atoms with Crippen LogP contribution in [0.25, 0.3) is 0 Å². The van der Waals surface area contributed by atoms with Crippen LogP contribution in [-0.4, -0.2) is 40.5 Å². The molecule has 2 N–H and O–H groups in total. The first-order chi connectivity index (χ1) is 14.0. The lowest BCUT2D eigenvalue weighted by Crippen LogP contribution is -2.44. The minimum absolute atomic E-state index is 0.101. The Bertz CT molecular complexity index is 956. The van der Waals surface area contributed by atoms with Crippen molar-refractivity contribution in [3.05, 3.63) is 47.3 Å². The van der Waals surface area contributed by atoms with E-state index in [2.05, 4.69) is 10.3 Å². The Morgan fingerprint density at radius 3 is 2.60 bits per heavy atom. The maximum absolute atomic E-state index is 13.3. The van der Waals surface area contributed by atoms with Crippen LogP contribution in [0.2, 0.25) is 0 Å². The molecule has 1 aliphatic rings. The number of nitrogens with one attached hydrogen (secondary N) is 1. The van der Waals surface area contributed by atoms with Crippen molar-refractivity contribution in [1.82, 2.24) is 4.98 Å². The van der Waals surface area contributed by atoms with Gasteiger partial charge in [0.15, 0.2) is 0 Å². The number of nitrogens with zero attached hydrogens (tertiary/aromatic N) is 2. The summed E-state index contributed by atoms with van der Waals surface area (Å²) in [4.78, 5) is 29.6. The number of anilines is 2. The second-order valence-corrected chi connectivity index (χ2v) is 8.06. The van der Waals surface area contributed by atoms with Crippen LogP contribution in [0, 0.1) is 5.82 Å². The van der Waals surface area contributed by atoms with Gasteiger partial charge in [0.1, 0.15) is 29.5 Å². The average molecular weight is 417 g/mol. The van der Waals surface area contributed by atoms with Gasteiger partial charge in [-0.3, -0.25) is 10.2 Å².